The molecule has 0 aromatic heterocycles. The number of halogens is 3. The molecule has 2 rings (SSSR count). The van der Waals surface area contributed by atoms with E-state index in [1.165, 1.54) is 6.07 Å². The molecule has 0 spiro atoms. The Labute approximate surface area is 145 Å². The average Bonchev–Trinajstić information content (AvgIpc) is 2.47. The number of ether oxygens (including phenoxy) is 1. The fourth-order valence-corrected chi connectivity index (χ4v) is 2.46. The lowest BCUT2D eigenvalue weighted by Crippen LogP contribution is -2.21. The number of rotatable bonds is 4. The first kappa shape index (κ1) is 16.8. The highest BCUT2D eigenvalue weighted by Crippen LogP contribution is 2.25. The minimum Gasteiger partial charge on any atom is -0.452 e. The molecule has 1 N–H and O–H groups in total. The first-order valence-corrected chi connectivity index (χ1v) is 7.68. The van der Waals surface area contributed by atoms with Crippen LogP contribution in [-0.2, 0) is 9.53 Å². The zero-order valence-corrected chi connectivity index (χ0v) is 14.2. The first-order chi connectivity index (χ1) is 10.5. The summed E-state index contributed by atoms with van der Waals surface area (Å²) in [6.45, 7) is -0.412. The molecular weight excluding hydrogens is 393 g/mol. The van der Waals surface area contributed by atoms with Gasteiger partial charge in [0.25, 0.3) is 5.91 Å². The fourth-order valence-electron chi connectivity index (χ4n) is 1.61. The smallest absolute Gasteiger partial charge is 0.338 e. The third-order valence-electron chi connectivity index (χ3n) is 2.60. The predicted octanol–water partition coefficient (Wildman–Crippen LogP) is 4.55. The highest BCUT2D eigenvalue weighted by Gasteiger charge is 2.11. The van der Waals surface area contributed by atoms with Gasteiger partial charge in [0.2, 0.25) is 0 Å². The highest BCUT2D eigenvalue weighted by atomic mass is 79.9. The Hall–Kier alpha value is -1.56. The second-order valence-electron chi connectivity index (χ2n) is 4.26. The van der Waals surface area contributed by atoms with Gasteiger partial charge in [-0.3, -0.25) is 4.79 Å². The lowest BCUT2D eigenvalue weighted by atomic mass is 10.2. The van der Waals surface area contributed by atoms with Crippen LogP contribution in [0.5, 0.6) is 0 Å². The van der Waals surface area contributed by atoms with Gasteiger partial charge in [0.05, 0.1) is 16.3 Å². The van der Waals surface area contributed by atoms with Gasteiger partial charge in [-0.1, -0.05) is 45.2 Å². The Morgan fingerprint density at radius 1 is 1.14 bits per heavy atom. The number of hydrogen-bond donors (Lipinski definition) is 1. The van der Waals surface area contributed by atoms with E-state index in [1.54, 1.807) is 36.4 Å². The SMILES string of the molecule is O=C(COC(=O)c1cccc(Br)c1)Nc1ccc(Cl)cc1Cl. The van der Waals surface area contributed by atoms with Gasteiger partial charge < -0.3 is 10.1 Å². The van der Waals surface area contributed by atoms with E-state index in [9.17, 15) is 9.59 Å². The number of amides is 1. The largest absolute Gasteiger partial charge is 0.452 e. The summed E-state index contributed by atoms with van der Waals surface area (Å²) in [4.78, 5) is 23.6. The lowest BCUT2D eigenvalue weighted by Gasteiger charge is -2.08. The summed E-state index contributed by atoms with van der Waals surface area (Å²) in [7, 11) is 0. The molecule has 114 valence electrons. The van der Waals surface area contributed by atoms with Crippen molar-refractivity contribution < 1.29 is 14.3 Å². The van der Waals surface area contributed by atoms with E-state index in [4.69, 9.17) is 27.9 Å². The topological polar surface area (TPSA) is 55.4 Å². The molecule has 0 bridgehead atoms. The van der Waals surface area contributed by atoms with Gasteiger partial charge in [0.1, 0.15) is 0 Å². The van der Waals surface area contributed by atoms with Crippen molar-refractivity contribution in [2.75, 3.05) is 11.9 Å². The monoisotopic (exact) mass is 401 g/mol. The van der Waals surface area contributed by atoms with Crippen LogP contribution in [0.4, 0.5) is 5.69 Å². The van der Waals surface area contributed by atoms with E-state index in [1.807, 2.05) is 0 Å². The molecular formula is C15H10BrCl2NO3. The van der Waals surface area contributed by atoms with Gasteiger partial charge in [-0.15, -0.1) is 0 Å². The van der Waals surface area contributed by atoms with Gasteiger partial charge in [-0.2, -0.15) is 0 Å². The summed E-state index contributed by atoms with van der Waals surface area (Å²) in [5.41, 5.74) is 0.751. The van der Waals surface area contributed by atoms with E-state index in [0.29, 0.717) is 21.3 Å². The van der Waals surface area contributed by atoms with Crippen LogP contribution in [0, 0.1) is 0 Å². The number of nitrogens with one attached hydrogen (secondary N) is 1. The Morgan fingerprint density at radius 3 is 2.59 bits per heavy atom. The number of hydrogen-bond acceptors (Lipinski definition) is 3. The number of carbonyl (C=O) groups excluding carboxylic acids is 2. The molecule has 0 fully saturated rings. The van der Waals surface area contributed by atoms with Crippen LogP contribution in [0.2, 0.25) is 10.0 Å². The number of esters is 1. The maximum absolute atomic E-state index is 11.8. The molecule has 4 nitrogen and oxygen atoms in total. The minimum atomic E-state index is -0.585. The summed E-state index contributed by atoms with van der Waals surface area (Å²) < 4.78 is 5.69. The van der Waals surface area contributed by atoms with Crippen LogP contribution in [0.3, 0.4) is 0 Å². The molecule has 7 heteroatoms. The number of benzene rings is 2. The zero-order valence-electron chi connectivity index (χ0n) is 11.1. The van der Waals surface area contributed by atoms with Gasteiger partial charge >= 0.3 is 5.97 Å². The molecule has 2 aromatic rings. The summed E-state index contributed by atoms with van der Waals surface area (Å²) in [5, 5.41) is 3.31. The predicted molar refractivity (Wildman–Crippen MR) is 89.5 cm³/mol. The Balaban J connectivity index is 1.91. The van der Waals surface area contributed by atoms with E-state index >= 15 is 0 Å². The van der Waals surface area contributed by atoms with Gasteiger partial charge in [0.15, 0.2) is 6.61 Å². The van der Waals surface area contributed by atoms with E-state index in [-0.39, 0.29) is 0 Å². The summed E-state index contributed by atoms with van der Waals surface area (Å²) >= 11 is 15.0. The summed E-state index contributed by atoms with van der Waals surface area (Å²) in [6.07, 6.45) is 0. The maximum Gasteiger partial charge on any atom is 0.338 e. The molecule has 0 unspecified atom stereocenters. The molecule has 0 saturated carbocycles. The van der Waals surface area contributed by atoms with Crippen LogP contribution < -0.4 is 5.32 Å². The quantitative estimate of drug-likeness (QED) is 0.763. The zero-order chi connectivity index (χ0) is 16.1. The van der Waals surface area contributed by atoms with E-state index < -0.39 is 18.5 Å². The fraction of sp³-hybridized carbons (Fsp3) is 0.0667. The molecule has 0 aliphatic rings. The van der Waals surface area contributed by atoms with Crippen LogP contribution in [0.1, 0.15) is 10.4 Å². The van der Waals surface area contributed by atoms with Crippen molar-refractivity contribution in [1.29, 1.82) is 0 Å². The molecule has 22 heavy (non-hydrogen) atoms. The van der Waals surface area contributed by atoms with Crippen molar-refractivity contribution in [3.8, 4) is 0 Å². The van der Waals surface area contributed by atoms with Gasteiger partial charge in [-0.05, 0) is 36.4 Å². The van der Waals surface area contributed by atoms with Gasteiger partial charge in [-0.25, -0.2) is 4.79 Å². The van der Waals surface area contributed by atoms with Crippen molar-refractivity contribution in [3.05, 3.63) is 62.5 Å². The molecule has 0 aliphatic carbocycles. The molecule has 2 aromatic carbocycles. The van der Waals surface area contributed by atoms with Gasteiger partial charge in [0, 0.05) is 9.50 Å². The van der Waals surface area contributed by atoms with Crippen LogP contribution in [0.15, 0.2) is 46.9 Å². The molecule has 0 atom stereocenters. The second kappa shape index (κ2) is 7.63. The highest BCUT2D eigenvalue weighted by molar-refractivity contribution is 9.10. The summed E-state index contributed by atoms with van der Waals surface area (Å²) in [6, 6.07) is 11.4. The van der Waals surface area contributed by atoms with Crippen molar-refractivity contribution in [2.45, 2.75) is 0 Å². The van der Waals surface area contributed by atoms with E-state index in [2.05, 4.69) is 21.2 Å². The third kappa shape index (κ3) is 4.73. The molecule has 0 saturated heterocycles. The molecule has 0 radical (unpaired) electrons. The molecule has 0 aliphatic heterocycles. The van der Waals surface area contributed by atoms with Crippen molar-refractivity contribution in [2.24, 2.45) is 0 Å². The second-order valence-corrected chi connectivity index (χ2v) is 6.02. The minimum absolute atomic E-state index is 0.305. The Kier molecular flexibility index (Phi) is 5.83. The Bertz CT molecular complexity index is 722. The first-order valence-electron chi connectivity index (χ1n) is 6.13. The molecule has 1 amide bonds. The Morgan fingerprint density at radius 2 is 1.91 bits per heavy atom. The normalized spacial score (nSPS) is 10.1. The maximum atomic E-state index is 11.8. The van der Waals surface area contributed by atoms with Crippen LogP contribution in [0.25, 0.3) is 0 Å². The standard InChI is InChI=1S/C15H10BrCl2NO3/c16-10-3-1-2-9(6-10)15(21)22-8-14(20)19-13-5-4-11(17)7-12(13)18/h1-7H,8H2,(H,19,20). The van der Waals surface area contributed by atoms with Crippen LogP contribution in [-0.4, -0.2) is 18.5 Å². The van der Waals surface area contributed by atoms with Crippen molar-refractivity contribution in [3.63, 3.8) is 0 Å². The van der Waals surface area contributed by atoms with Crippen LogP contribution >= 0.6 is 39.1 Å². The number of anilines is 1. The van der Waals surface area contributed by atoms with Crippen molar-refractivity contribution in [1.82, 2.24) is 0 Å². The number of carbonyl (C=O) groups is 2. The summed E-state index contributed by atoms with van der Waals surface area (Å²) in [5.74, 6) is -1.08. The van der Waals surface area contributed by atoms with Crippen molar-refractivity contribution >= 4 is 56.7 Å². The molecule has 0 heterocycles. The van der Waals surface area contributed by atoms with E-state index in [0.717, 1.165) is 4.47 Å². The average molecular weight is 403 g/mol. The third-order valence-corrected chi connectivity index (χ3v) is 3.64. The lowest BCUT2D eigenvalue weighted by molar-refractivity contribution is -0.119.